The molecule has 1 rings (SSSR count). The predicted molar refractivity (Wildman–Crippen MR) is 64.2 cm³/mol. The highest BCUT2D eigenvalue weighted by molar-refractivity contribution is 4.73. The molecule has 2 unspecified atom stereocenters. The first-order valence-corrected chi connectivity index (χ1v) is 6.22. The van der Waals surface area contributed by atoms with Crippen LogP contribution in [0.15, 0.2) is 0 Å². The van der Waals surface area contributed by atoms with Crippen LogP contribution >= 0.6 is 0 Å². The van der Waals surface area contributed by atoms with Gasteiger partial charge < -0.3 is 15.0 Å². The van der Waals surface area contributed by atoms with Gasteiger partial charge in [0.15, 0.2) is 0 Å². The minimum Gasteiger partial charge on any atom is -0.378 e. The third kappa shape index (κ3) is 5.50. The molecule has 0 aromatic heterocycles. The number of nitrogens with zero attached hydrogens (tertiary/aromatic N) is 1. The van der Waals surface area contributed by atoms with Crippen LogP contribution in [0.4, 0.5) is 0 Å². The molecule has 3 heteroatoms. The van der Waals surface area contributed by atoms with Crippen LogP contribution in [0, 0.1) is 0 Å². The first kappa shape index (κ1) is 12.9. The van der Waals surface area contributed by atoms with Crippen molar-refractivity contribution in [3.8, 4) is 0 Å². The van der Waals surface area contributed by atoms with Crippen molar-refractivity contribution in [2.75, 3.05) is 33.8 Å². The Morgan fingerprint density at radius 1 is 1.47 bits per heavy atom. The smallest absolute Gasteiger partial charge is 0.0576 e. The molecular weight excluding hydrogens is 188 g/mol. The molecule has 1 fully saturated rings. The Kier molecular flexibility index (Phi) is 6.22. The van der Waals surface area contributed by atoms with E-state index in [4.69, 9.17) is 4.74 Å². The van der Waals surface area contributed by atoms with Crippen molar-refractivity contribution in [3.63, 3.8) is 0 Å². The van der Waals surface area contributed by atoms with Gasteiger partial charge in [-0.25, -0.2) is 0 Å². The molecule has 3 nitrogen and oxygen atoms in total. The maximum absolute atomic E-state index is 5.65. The van der Waals surface area contributed by atoms with Crippen molar-refractivity contribution in [3.05, 3.63) is 0 Å². The Morgan fingerprint density at radius 3 is 2.80 bits per heavy atom. The van der Waals surface area contributed by atoms with Gasteiger partial charge in [0.05, 0.1) is 6.10 Å². The van der Waals surface area contributed by atoms with Crippen LogP contribution in [-0.2, 0) is 4.74 Å². The van der Waals surface area contributed by atoms with E-state index in [2.05, 4.69) is 31.2 Å². The molecule has 2 atom stereocenters. The van der Waals surface area contributed by atoms with Crippen LogP contribution in [0.5, 0.6) is 0 Å². The van der Waals surface area contributed by atoms with E-state index in [0.717, 1.165) is 19.7 Å². The van der Waals surface area contributed by atoms with E-state index < -0.39 is 0 Å². The van der Waals surface area contributed by atoms with Gasteiger partial charge in [0.25, 0.3) is 0 Å². The largest absolute Gasteiger partial charge is 0.378 e. The summed E-state index contributed by atoms with van der Waals surface area (Å²) in [4.78, 5) is 2.25. The van der Waals surface area contributed by atoms with Gasteiger partial charge in [-0.05, 0) is 46.3 Å². The van der Waals surface area contributed by atoms with Gasteiger partial charge in [-0.3, -0.25) is 0 Å². The highest BCUT2D eigenvalue weighted by Gasteiger charge is 2.17. The van der Waals surface area contributed by atoms with Crippen LogP contribution in [0.25, 0.3) is 0 Å². The summed E-state index contributed by atoms with van der Waals surface area (Å²) in [5, 5.41) is 3.54. The first-order chi connectivity index (χ1) is 7.22. The third-order valence-electron chi connectivity index (χ3n) is 2.94. The van der Waals surface area contributed by atoms with E-state index in [1.807, 2.05) is 0 Å². The predicted octanol–water partition coefficient (Wildman–Crippen LogP) is 1.49. The second-order valence-electron chi connectivity index (χ2n) is 4.73. The lowest BCUT2D eigenvalue weighted by Gasteiger charge is -2.23. The van der Waals surface area contributed by atoms with Gasteiger partial charge in [-0.2, -0.15) is 0 Å². The molecule has 1 saturated heterocycles. The molecule has 1 heterocycles. The number of ether oxygens (including phenoxy) is 1. The Bertz CT molecular complexity index is 156. The van der Waals surface area contributed by atoms with Crippen LogP contribution in [0.3, 0.4) is 0 Å². The Labute approximate surface area is 94.2 Å². The number of hydrogen-bond acceptors (Lipinski definition) is 3. The average Bonchev–Trinajstić information content (AvgIpc) is 2.66. The number of nitrogens with one attached hydrogen (secondary N) is 1. The minimum atomic E-state index is 0.535. The minimum absolute atomic E-state index is 0.535. The van der Waals surface area contributed by atoms with Crippen LogP contribution in [-0.4, -0.2) is 50.8 Å². The topological polar surface area (TPSA) is 24.5 Å². The number of rotatable bonds is 7. The number of hydrogen-bond donors (Lipinski definition) is 1. The highest BCUT2D eigenvalue weighted by atomic mass is 16.5. The summed E-state index contributed by atoms with van der Waals surface area (Å²) in [6.07, 6.45) is 5.50. The van der Waals surface area contributed by atoms with Gasteiger partial charge in [0, 0.05) is 19.2 Å². The molecule has 0 aromatic carbocycles. The maximum atomic E-state index is 5.65. The van der Waals surface area contributed by atoms with Gasteiger partial charge in [0.1, 0.15) is 0 Å². The summed E-state index contributed by atoms with van der Waals surface area (Å²) in [5.41, 5.74) is 0. The lowest BCUT2D eigenvalue weighted by atomic mass is 10.1. The van der Waals surface area contributed by atoms with E-state index >= 15 is 0 Å². The second-order valence-corrected chi connectivity index (χ2v) is 4.73. The van der Waals surface area contributed by atoms with Crippen molar-refractivity contribution in [2.45, 2.75) is 44.8 Å². The molecule has 0 saturated carbocycles. The second kappa shape index (κ2) is 7.20. The normalized spacial score (nSPS) is 23.6. The zero-order valence-corrected chi connectivity index (χ0v) is 10.5. The van der Waals surface area contributed by atoms with Crippen LogP contribution in [0.1, 0.15) is 32.6 Å². The lowest BCUT2D eigenvalue weighted by Crippen LogP contribution is -2.38. The fraction of sp³-hybridized carbons (Fsp3) is 1.00. The van der Waals surface area contributed by atoms with Gasteiger partial charge in [0.2, 0.25) is 0 Å². The first-order valence-electron chi connectivity index (χ1n) is 6.22. The van der Waals surface area contributed by atoms with Gasteiger partial charge in [-0.15, -0.1) is 0 Å². The fourth-order valence-electron chi connectivity index (χ4n) is 2.25. The molecule has 0 radical (unpaired) electrons. The monoisotopic (exact) mass is 214 g/mol. The maximum Gasteiger partial charge on any atom is 0.0576 e. The summed E-state index contributed by atoms with van der Waals surface area (Å²) in [6, 6.07) is 0.620. The fourth-order valence-corrected chi connectivity index (χ4v) is 2.25. The Balaban J connectivity index is 2.17. The van der Waals surface area contributed by atoms with E-state index in [9.17, 15) is 0 Å². The van der Waals surface area contributed by atoms with E-state index in [-0.39, 0.29) is 0 Å². The molecule has 0 spiro atoms. The van der Waals surface area contributed by atoms with Crippen molar-refractivity contribution in [2.24, 2.45) is 0 Å². The standard InChI is InChI=1S/C12H26N2O/c1-4-13-11(10-14(2)3)7-8-12-6-5-9-15-12/h11-13H,4-10H2,1-3H3. The van der Waals surface area contributed by atoms with E-state index in [0.29, 0.717) is 12.1 Å². The lowest BCUT2D eigenvalue weighted by molar-refractivity contribution is 0.0985. The molecule has 0 aliphatic carbocycles. The molecule has 0 amide bonds. The molecule has 1 N–H and O–H groups in total. The van der Waals surface area contributed by atoms with E-state index in [1.54, 1.807) is 0 Å². The summed E-state index contributed by atoms with van der Waals surface area (Å²) in [5.74, 6) is 0. The molecule has 1 aliphatic heterocycles. The van der Waals surface area contributed by atoms with Crippen molar-refractivity contribution in [1.29, 1.82) is 0 Å². The quantitative estimate of drug-likeness (QED) is 0.695. The summed E-state index contributed by atoms with van der Waals surface area (Å²) in [6.45, 7) is 5.34. The Morgan fingerprint density at radius 2 is 2.27 bits per heavy atom. The molecule has 90 valence electrons. The van der Waals surface area contributed by atoms with Crippen LogP contribution < -0.4 is 5.32 Å². The number of likely N-dealkylation sites (N-methyl/N-ethyl adjacent to an activating group) is 2. The molecule has 15 heavy (non-hydrogen) atoms. The summed E-state index contributed by atoms with van der Waals surface area (Å²) >= 11 is 0. The molecule has 0 aromatic rings. The van der Waals surface area contributed by atoms with Gasteiger partial charge >= 0.3 is 0 Å². The van der Waals surface area contributed by atoms with Crippen molar-refractivity contribution < 1.29 is 4.74 Å². The SMILES string of the molecule is CCNC(CCC1CCCO1)CN(C)C. The van der Waals surface area contributed by atoms with E-state index in [1.165, 1.54) is 25.7 Å². The summed E-state index contributed by atoms with van der Waals surface area (Å²) < 4.78 is 5.65. The molecule has 0 bridgehead atoms. The van der Waals surface area contributed by atoms with Crippen molar-refractivity contribution in [1.82, 2.24) is 10.2 Å². The Hall–Kier alpha value is -0.120. The van der Waals surface area contributed by atoms with Crippen molar-refractivity contribution >= 4 is 0 Å². The summed E-state index contributed by atoms with van der Waals surface area (Å²) in [7, 11) is 4.27. The third-order valence-corrected chi connectivity index (χ3v) is 2.94. The average molecular weight is 214 g/mol. The molecular formula is C12H26N2O. The molecule has 1 aliphatic rings. The van der Waals surface area contributed by atoms with Crippen LogP contribution in [0.2, 0.25) is 0 Å². The van der Waals surface area contributed by atoms with Gasteiger partial charge in [-0.1, -0.05) is 6.92 Å². The zero-order valence-electron chi connectivity index (χ0n) is 10.5. The zero-order chi connectivity index (χ0) is 11.1. The highest BCUT2D eigenvalue weighted by Crippen LogP contribution is 2.17.